The lowest BCUT2D eigenvalue weighted by atomic mass is 10.1. The predicted molar refractivity (Wildman–Crippen MR) is 77.8 cm³/mol. The van der Waals surface area contributed by atoms with Gasteiger partial charge in [0.2, 0.25) is 0 Å². The summed E-state index contributed by atoms with van der Waals surface area (Å²) >= 11 is 2.08. The summed E-state index contributed by atoms with van der Waals surface area (Å²) in [5.74, 6) is 0. The molecule has 0 amide bonds. The van der Waals surface area contributed by atoms with Crippen molar-refractivity contribution in [3.63, 3.8) is 0 Å². The number of hydrogen-bond acceptors (Lipinski definition) is 4. The van der Waals surface area contributed by atoms with Crippen LogP contribution in [0.3, 0.4) is 0 Å². The average Bonchev–Trinajstić information content (AvgIpc) is 2.77. The highest BCUT2D eigenvalue weighted by atomic mass is 32.2. The van der Waals surface area contributed by atoms with Crippen LogP contribution in [0.1, 0.15) is 32.5 Å². The number of aromatic nitrogens is 2. The van der Waals surface area contributed by atoms with Crippen LogP contribution in [0.5, 0.6) is 0 Å². The minimum Gasteiger partial charge on any atom is -0.333 e. The molecule has 2 rings (SSSR count). The van der Waals surface area contributed by atoms with Crippen molar-refractivity contribution in [1.82, 2.24) is 14.5 Å². The maximum Gasteiger partial charge on any atom is 0.0948 e. The molecule has 1 aromatic heterocycles. The maximum absolute atomic E-state index is 6.02. The molecule has 0 bridgehead atoms. The van der Waals surface area contributed by atoms with Gasteiger partial charge >= 0.3 is 0 Å². The van der Waals surface area contributed by atoms with E-state index < -0.39 is 0 Å². The van der Waals surface area contributed by atoms with Gasteiger partial charge in [-0.15, -0.1) is 0 Å². The van der Waals surface area contributed by atoms with Gasteiger partial charge in [0.1, 0.15) is 0 Å². The van der Waals surface area contributed by atoms with Crippen LogP contribution in [0.2, 0.25) is 0 Å². The second-order valence-corrected chi connectivity index (χ2v) is 6.95. The summed E-state index contributed by atoms with van der Waals surface area (Å²) in [6.45, 7) is 10.6. The Kier molecular flexibility index (Phi) is 4.70. The molecule has 1 aliphatic heterocycles. The molecular formula is C13H24N4S. The van der Waals surface area contributed by atoms with E-state index in [9.17, 15) is 0 Å². The normalized spacial score (nSPS) is 27.3. The molecule has 1 fully saturated rings. The minimum absolute atomic E-state index is 0.304. The molecule has 0 spiro atoms. The minimum atomic E-state index is 0.304. The molecule has 3 atom stereocenters. The van der Waals surface area contributed by atoms with E-state index in [-0.39, 0.29) is 0 Å². The third kappa shape index (κ3) is 2.90. The molecule has 2 heterocycles. The van der Waals surface area contributed by atoms with Crippen molar-refractivity contribution in [1.29, 1.82) is 0 Å². The van der Waals surface area contributed by atoms with E-state index in [0.29, 0.717) is 23.1 Å². The molecule has 0 aromatic carbocycles. The van der Waals surface area contributed by atoms with Gasteiger partial charge in [0.15, 0.2) is 0 Å². The summed E-state index contributed by atoms with van der Waals surface area (Å²) in [6.07, 6.45) is 3.88. The molecule has 102 valence electrons. The zero-order chi connectivity index (χ0) is 13.1. The molecular weight excluding hydrogens is 244 g/mol. The third-order valence-corrected chi connectivity index (χ3v) is 4.77. The lowest BCUT2D eigenvalue weighted by Crippen LogP contribution is -2.45. The number of thioether (sulfide) groups is 1. The highest BCUT2D eigenvalue weighted by Gasteiger charge is 2.29. The molecule has 2 N–H and O–H groups in total. The largest absolute Gasteiger partial charge is 0.333 e. The Balaban J connectivity index is 2.17. The van der Waals surface area contributed by atoms with Crippen LogP contribution < -0.4 is 5.73 Å². The van der Waals surface area contributed by atoms with Crippen LogP contribution in [-0.2, 0) is 6.54 Å². The van der Waals surface area contributed by atoms with Crippen molar-refractivity contribution in [3.8, 4) is 0 Å². The maximum atomic E-state index is 6.02. The smallest absolute Gasteiger partial charge is 0.0948 e. The van der Waals surface area contributed by atoms with Crippen molar-refractivity contribution < 1.29 is 0 Å². The van der Waals surface area contributed by atoms with Gasteiger partial charge in [-0.2, -0.15) is 11.8 Å². The van der Waals surface area contributed by atoms with Crippen LogP contribution in [0.4, 0.5) is 0 Å². The quantitative estimate of drug-likeness (QED) is 0.903. The highest BCUT2D eigenvalue weighted by Crippen LogP contribution is 2.30. The monoisotopic (exact) mass is 268 g/mol. The first-order chi connectivity index (χ1) is 8.65. The van der Waals surface area contributed by atoms with Crippen LogP contribution >= 0.6 is 11.8 Å². The van der Waals surface area contributed by atoms with Crippen molar-refractivity contribution in [2.24, 2.45) is 5.73 Å². The molecule has 5 heteroatoms. The molecule has 1 aromatic rings. The first kappa shape index (κ1) is 13.9. The van der Waals surface area contributed by atoms with Crippen LogP contribution in [0.15, 0.2) is 12.5 Å². The van der Waals surface area contributed by atoms with Gasteiger partial charge in [-0.3, -0.25) is 4.90 Å². The number of nitrogens with zero attached hydrogens (tertiary/aromatic N) is 3. The Morgan fingerprint density at radius 3 is 2.67 bits per heavy atom. The number of imidazole rings is 1. The number of hydrogen-bond donors (Lipinski definition) is 1. The predicted octanol–water partition coefficient (Wildman–Crippen LogP) is 1.73. The SMILES string of the molecule is CCn1cncc1C(CN)N1CC(C)SC(C)C1. The standard InChI is InChI=1S/C13H24N4S/c1-4-16-9-15-6-13(16)12(5-14)17-7-10(2)18-11(3)8-17/h6,9-12H,4-5,7-8,14H2,1-3H3. The van der Waals surface area contributed by atoms with E-state index in [0.717, 1.165) is 19.6 Å². The van der Waals surface area contributed by atoms with Gasteiger partial charge in [-0.05, 0) is 6.92 Å². The summed E-state index contributed by atoms with van der Waals surface area (Å²) in [7, 11) is 0. The third-order valence-electron chi connectivity index (χ3n) is 3.54. The molecule has 4 nitrogen and oxygen atoms in total. The van der Waals surface area contributed by atoms with Crippen molar-refractivity contribution in [2.45, 2.75) is 43.9 Å². The summed E-state index contributed by atoms with van der Waals surface area (Å²) < 4.78 is 2.20. The van der Waals surface area contributed by atoms with Gasteiger partial charge in [-0.25, -0.2) is 4.98 Å². The zero-order valence-corrected chi connectivity index (χ0v) is 12.4. The molecule has 0 aliphatic carbocycles. The number of aryl methyl sites for hydroxylation is 1. The molecule has 1 aliphatic rings. The summed E-state index contributed by atoms with van der Waals surface area (Å²) in [6, 6.07) is 0.304. The fourth-order valence-electron chi connectivity index (χ4n) is 2.80. The number of nitrogens with two attached hydrogens (primary N) is 1. The zero-order valence-electron chi connectivity index (χ0n) is 11.5. The van der Waals surface area contributed by atoms with E-state index in [2.05, 4.69) is 47.0 Å². The van der Waals surface area contributed by atoms with Crippen LogP contribution in [0, 0.1) is 0 Å². The van der Waals surface area contributed by atoms with E-state index in [4.69, 9.17) is 5.73 Å². The van der Waals surface area contributed by atoms with Gasteiger partial charge in [0, 0.05) is 42.9 Å². The second-order valence-electron chi connectivity index (χ2n) is 5.07. The highest BCUT2D eigenvalue weighted by molar-refractivity contribution is 8.00. The van der Waals surface area contributed by atoms with Crippen molar-refractivity contribution >= 4 is 11.8 Å². The van der Waals surface area contributed by atoms with Gasteiger partial charge in [0.05, 0.1) is 18.1 Å². The van der Waals surface area contributed by atoms with Gasteiger partial charge < -0.3 is 10.3 Å². The Morgan fingerprint density at radius 1 is 1.44 bits per heavy atom. The Labute approximate surface area is 114 Å². The lowest BCUT2D eigenvalue weighted by molar-refractivity contribution is 0.192. The molecule has 3 unspecified atom stereocenters. The van der Waals surface area contributed by atoms with E-state index in [1.165, 1.54) is 5.69 Å². The summed E-state index contributed by atoms with van der Waals surface area (Å²) in [5.41, 5.74) is 7.28. The topological polar surface area (TPSA) is 47.1 Å². The Morgan fingerprint density at radius 2 is 2.11 bits per heavy atom. The van der Waals surface area contributed by atoms with E-state index in [1.54, 1.807) is 0 Å². The Bertz CT molecular complexity index is 369. The number of rotatable bonds is 4. The first-order valence-electron chi connectivity index (χ1n) is 6.75. The average molecular weight is 268 g/mol. The summed E-state index contributed by atoms with van der Waals surface area (Å²) in [5, 5.41) is 1.36. The fraction of sp³-hybridized carbons (Fsp3) is 0.769. The van der Waals surface area contributed by atoms with Crippen LogP contribution in [0.25, 0.3) is 0 Å². The van der Waals surface area contributed by atoms with Gasteiger partial charge in [0.25, 0.3) is 0 Å². The van der Waals surface area contributed by atoms with Crippen LogP contribution in [-0.4, -0.2) is 44.6 Å². The van der Waals surface area contributed by atoms with E-state index in [1.807, 2.05) is 12.5 Å². The molecule has 0 radical (unpaired) electrons. The first-order valence-corrected chi connectivity index (χ1v) is 7.69. The molecule has 1 saturated heterocycles. The van der Waals surface area contributed by atoms with E-state index >= 15 is 0 Å². The van der Waals surface area contributed by atoms with Crippen molar-refractivity contribution in [3.05, 3.63) is 18.2 Å². The molecule has 18 heavy (non-hydrogen) atoms. The van der Waals surface area contributed by atoms with Gasteiger partial charge in [-0.1, -0.05) is 13.8 Å². The molecule has 0 saturated carbocycles. The Hall–Kier alpha value is -0.520. The summed E-state index contributed by atoms with van der Waals surface area (Å²) in [4.78, 5) is 6.79. The fourth-order valence-corrected chi connectivity index (χ4v) is 4.15. The second kappa shape index (κ2) is 6.08. The lowest BCUT2D eigenvalue weighted by Gasteiger charge is -2.39. The van der Waals surface area contributed by atoms with Crippen molar-refractivity contribution in [2.75, 3.05) is 19.6 Å².